The van der Waals surface area contributed by atoms with Crippen LogP contribution in [-0.2, 0) is 15.8 Å². The third-order valence-corrected chi connectivity index (χ3v) is 6.25. The quantitative estimate of drug-likeness (QED) is 0.543. The highest BCUT2D eigenvalue weighted by molar-refractivity contribution is 9.10. The standard InChI is InChI=1S/C22H17BrF3N3O2S/c1-12-2-4-13(5-3-12)15-9-19(30)29-21(16(15)10-27)32-11-20(31)28-18-7-6-14(23)8-17(18)22(24,25)26/h2-8,15H,9,11H2,1H3,(H,28,31)(H,29,30)/t15-/m0/s1. The molecule has 10 heteroatoms. The second kappa shape index (κ2) is 9.79. The minimum Gasteiger partial charge on any atom is -0.325 e. The van der Waals surface area contributed by atoms with Gasteiger partial charge in [-0.3, -0.25) is 9.59 Å². The number of nitrogens with one attached hydrogen (secondary N) is 2. The molecule has 0 bridgehead atoms. The molecule has 2 aromatic carbocycles. The monoisotopic (exact) mass is 523 g/mol. The van der Waals surface area contributed by atoms with E-state index >= 15 is 0 Å². The van der Waals surface area contributed by atoms with Gasteiger partial charge in [-0.05, 0) is 30.7 Å². The zero-order valence-electron chi connectivity index (χ0n) is 16.7. The first-order valence-electron chi connectivity index (χ1n) is 9.38. The fraction of sp³-hybridized carbons (Fsp3) is 0.227. The maximum atomic E-state index is 13.3. The van der Waals surface area contributed by atoms with E-state index < -0.39 is 23.6 Å². The van der Waals surface area contributed by atoms with Crippen LogP contribution in [0, 0.1) is 18.3 Å². The SMILES string of the molecule is Cc1ccc([C@@H]2CC(=O)NC(SCC(=O)Nc3ccc(Br)cc3C(F)(F)F)=C2C#N)cc1. The predicted octanol–water partition coefficient (Wildman–Crippen LogP) is 5.49. The van der Waals surface area contributed by atoms with Crippen LogP contribution in [0.25, 0.3) is 0 Å². The van der Waals surface area contributed by atoms with Crippen LogP contribution in [0.1, 0.15) is 29.0 Å². The lowest BCUT2D eigenvalue weighted by Gasteiger charge is -2.25. The van der Waals surface area contributed by atoms with Crippen molar-refractivity contribution in [3.63, 3.8) is 0 Å². The van der Waals surface area contributed by atoms with E-state index in [0.717, 1.165) is 35.0 Å². The summed E-state index contributed by atoms with van der Waals surface area (Å²) in [7, 11) is 0. The average molecular weight is 524 g/mol. The van der Waals surface area contributed by atoms with E-state index in [2.05, 4.69) is 32.6 Å². The first-order chi connectivity index (χ1) is 15.1. The van der Waals surface area contributed by atoms with Gasteiger partial charge < -0.3 is 10.6 Å². The topological polar surface area (TPSA) is 82.0 Å². The van der Waals surface area contributed by atoms with Gasteiger partial charge in [0.25, 0.3) is 0 Å². The number of carbonyl (C=O) groups is 2. The number of carbonyl (C=O) groups excluding carboxylic acids is 2. The van der Waals surface area contributed by atoms with Crippen LogP contribution in [0.5, 0.6) is 0 Å². The number of allylic oxidation sites excluding steroid dienone is 1. The third kappa shape index (κ3) is 5.72. The highest BCUT2D eigenvalue weighted by atomic mass is 79.9. The molecule has 0 fully saturated rings. The summed E-state index contributed by atoms with van der Waals surface area (Å²) in [5.41, 5.74) is 0.799. The largest absolute Gasteiger partial charge is 0.418 e. The van der Waals surface area contributed by atoms with Crippen molar-refractivity contribution >= 4 is 45.2 Å². The highest BCUT2D eigenvalue weighted by Gasteiger charge is 2.34. The number of rotatable bonds is 5. The average Bonchev–Trinajstić information content (AvgIpc) is 2.73. The van der Waals surface area contributed by atoms with Gasteiger partial charge in [-0.25, -0.2) is 0 Å². The van der Waals surface area contributed by atoms with Crippen molar-refractivity contribution in [2.24, 2.45) is 0 Å². The summed E-state index contributed by atoms with van der Waals surface area (Å²) in [5, 5.41) is 14.8. The fourth-order valence-corrected chi connectivity index (χ4v) is 4.44. The van der Waals surface area contributed by atoms with Crippen molar-refractivity contribution in [1.82, 2.24) is 5.32 Å². The van der Waals surface area contributed by atoms with Crippen LogP contribution in [-0.4, -0.2) is 17.6 Å². The van der Waals surface area contributed by atoms with Crippen molar-refractivity contribution in [1.29, 1.82) is 5.26 Å². The molecule has 0 saturated heterocycles. The zero-order chi connectivity index (χ0) is 23.5. The summed E-state index contributed by atoms with van der Waals surface area (Å²) in [4.78, 5) is 24.6. The molecule has 0 unspecified atom stereocenters. The Balaban J connectivity index is 1.78. The van der Waals surface area contributed by atoms with Gasteiger partial charge in [0.2, 0.25) is 11.8 Å². The van der Waals surface area contributed by atoms with Gasteiger partial charge in [0.15, 0.2) is 0 Å². The maximum absolute atomic E-state index is 13.3. The summed E-state index contributed by atoms with van der Waals surface area (Å²) in [5.74, 6) is -1.73. The van der Waals surface area contributed by atoms with Crippen LogP contribution in [0.4, 0.5) is 18.9 Å². The predicted molar refractivity (Wildman–Crippen MR) is 120 cm³/mol. The Morgan fingerprint density at radius 3 is 2.59 bits per heavy atom. The van der Waals surface area contributed by atoms with E-state index in [9.17, 15) is 28.0 Å². The van der Waals surface area contributed by atoms with E-state index in [1.54, 1.807) is 0 Å². The normalized spacial score (nSPS) is 16.4. The van der Waals surface area contributed by atoms with E-state index in [-0.39, 0.29) is 33.3 Å². The molecule has 2 N–H and O–H groups in total. The van der Waals surface area contributed by atoms with E-state index in [4.69, 9.17) is 0 Å². The second-order valence-electron chi connectivity index (χ2n) is 7.09. The van der Waals surface area contributed by atoms with Crippen LogP contribution in [0.15, 0.2) is 57.5 Å². The molecule has 166 valence electrons. The smallest absolute Gasteiger partial charge is 0.325 e. The molecular formula is C22H17BrF3N3O2S. The number of aryl methyl sites for hydroxylation is 1. The number of amides is 2. The van der Waals surface area contributed by atoms with Crippen molar-refractivity contribution in [3.8, 4) is 6.07 Å². The fourth-order valence-electron chi connectivity index (χ4n) is 3.20. The molecule has 32 heavy (non-hydrogen) atoms. The van der Waals surface area contributed by atoms with Crippen molar-refractivity contribution in [3.05, 3.63) is 74.2 Å². The van der Waals surface area contributed by atoms with Crippen LogP contribution in [0.2, 0.25) is 0 Å². The first kappa shape index (κ1) is 23.9. The molecule has 1 atom stereocenters. The maximum Gasteiger partial charge on any atom is 0.418 e. The molecule has 2 aromatic rings. The molecule has 1 aliphatic rings. The van der Waals surface area contributed by atoms with Gasteiger partial charge in [-0.15, -0.1) is 0 Å². The van der Waals surface area contributed by atoms with E-state index in [1.165, 1.54) is 6.07 Å². The molecule has 2 amide bonds. The molecule has 0 saturated carbocycles. The Morgan fingerprint density at radius 2 is 1.97 bits per heavy atom. The summed E-state index contributed by atoms with van der Waals surface area (Å²) in [6, 6.07) is 13.0. The number of halogens is 4. The summed E-state index contributed by atoms with van der Waals surface area (Å²) >= 11 is 3.89. The molecule has 1 aliphatic heterocycles. The zero-order valence-corrected chi connectivity index (χ0v) is 19.1. The Labute approximate surface area is 195 Å². The lowest BCUT2D eigenvalue weighted by atomic mass is 9.87. The Kier molecular flexibility index (Phi) is 7.31. The molecular weight excluding hydrogens is 507 g/mol. The molecule has 0 spiro atoms. The molecule has 3 rings (SSSR count). The van der Waals surface area contributed by atoms with Gasteiger partial charge in [-0.2, -0.15) is 18.4 Å². The number of nitrogens with zero attached hydrogens (tertiary/aromatic N) is 1. The number of hydrogen-bond acceptors (Lipinski definition) is 4. The number of alkyl halides is 3. The van der Waals surface area contributed by atoms with Crippen molar-refractivity contribution in [2.75, 3.05) is 11.1 Å². The van der Waals surface area contributed by atoms with Gasteiger partial charge in [-0.1, -0.05) is 57.5 Å². The minimum absolute atomic E-state index is 0.0933. The minimum atomic E-state index is -4.64. The van der Waals surface area contributed by atoms with Crippen LogP contribution < -0.4 is 10.6 Å². The van der Waals surface area contributed by atoms with E-state index in [1.807, 2.05) is 31.2 Å². The molecule has 1 heterocycles. The molecule has 5 nitrogen and oxygen atoms in total. The van der Waals surface area contributed by atoms with E-state index in [0.29, 0.717) is 5.57 Å². The third-order valence-electron chi connectivity index (χ3n) is 4.74. The summed E-state index contributed by atoms with van der Waals surface area (Å²) < 4.78 is 40.0. The lowest BCUT2D eigenvalue weighted by Crippen LogP contribution is -2.31. The van der Waals surface area contributed by atoms with Gasteiger partial charge >= 0.3 is 6.18 Å². The highest BCUT2D eigenvalue weighted by Crippen LogP contribution is 2.38. The Morgan fingerprint density at radius 1 is 1.28 bits per heavy atom. The number of benzene rings is 2. The number of thioether (sulfide) groups is 1. The summed E-state index contributed by atoms with van der Waals surface area (Å²) in [6.07, 6.45) is -4.55. The van der Waals surface area contributed by atoms with Gasteiger partial charge in [0, 0.05) is 16.8 Å². The first-order valence-corrected chi connectivity index (χ1v) is 11.2. The second-order valence-corrected chi connectivity index (χ2v) is 9.00. The lowest BCUT2D eigenvalue weighted by molar-refractivity contribution is -0.137. The van der Waals surface area contributed by atoms with Crippen molar-refractivity contribution < 1.29 is 22.8 Å². The van der Waals surface area contributed by atoms with Gasteiger partial charge in [0.1, 0.15) is 0 Å². The number of hydrogen-bond donors (Lipinski definition) is 2. The van der Waals surface area contributed by atoms with Crippen LogP contribution >= 0.6 is 27.7 Å². The Hall–Kier alpha value is -2.77. The Bertz CT molecular complexity index is 1120. The van der Waals surface area contributed by atoms with Crippen LogP contribution in [0.3, 0.4) is 0 Å². The molecule has 0 aliphatic carbocycles. The van der Waals surface area contributed by atoms with Crippen molar-refractivity contribution in [2.45, 2.75) is 25.4 Å². The number of nitriles is 1. The molecule has 0 aromatic heterocycles. The summed E-state index contributed by atoms with van der Waals surface area (Å²) in [6.45, 7) is 1.92. The van der Waals surface area contributed by atoms with Gasteiger partial charge in [0.05, 0.1) is 33.7 Å². The molecule has 0 radical (unpaired) electrons. The number of anilines is 1.